The van der Waals surface area contributed by atoms with Crippen molar-refractivity contribution in [2.75, 3.05) is 31.6 Å². The van der Waals surface area contributed by atoms with E-state index in [-0.39, 0.29) is 24.0 Å². The lowest BCUT2D eigenvalue weighted by atomic mass is 9.94. The van der Waals surface area contributed by atoms with E-state index >= 15 is 0 Å². The number of anilines is 1. The van der Waals surface area contributed by atoms with Gasteiger partial charge in [-0.2, -0.15) is 0 Å². The molecule has 1 aromatic rings. The predicted molar refractivity (Wildman–Crippen MR) is 124 cm³/mol. The van der Waals surface area contributed by atoms with Crippen LogP contribution in [0.1, 0.15) is 51.4 Å². The number of nitrogens with zero attached hydrogens (tertiary/aromatic N) is 2. The highest BCUT2D eigenvalue weighted by Gasteiger charge is 2.31. The van der Waals surface area contributed by atoms with E-state index in [2.05, 4.69) is 15.2 Å². The molecule has 1 saturated heterocycles. The van der Waals surface area contributed by atoms with Gasteiger partial charge in [0.2, 0.25) is 0 Å². The first-order chi connectivity index (χ1) is 13.3. The molecule has 3 aliphatic rings. The summed E-state index contributed by atoms with van der Waals surface area (Å²) in [5.74, 6) is 2.03. The second-order valence-corrected chi connectivity index (χ2v) is 7.89. The molecule has 1 atom stereocenters. The fourth-order valence-corrected chi connectivity index (χ4v) is 4.58. The quantitative estimate of drug-likeness (QED) is 0.372. The molecule has 0 aromatic heterocycles. The molecule has 0 bridgehead atoms. The van der Waals surface area contributed by atoms with E-state index in [4.69, 9.17) is 15.2 Å². The normalized spacial score (nSPS) is 23.7. The standard InChI is InChI=1S/C21H32N4O2.HI/c22-21(24-16-9-10-19-20(14-16)27-13-5-12-26-19)23-15-18-8-4-11-25(18)17-6-2-1-3-7-17;/h9-10,14,17-18H,1-8,11-13,15H2,(H3,22,23,24);1H. The lowest BCUT2D eigenvalue weighted by Gasteiger charge is -2.35. The topological polar surface area (TPSA) is 72.1 Å². The minimum Gasteiger partial charge on any atom is -0.490 e. The molecule has 1 aliphatic carbocycles. The number of fused-ring (bicyclic) bond motifs is 1. The van der Waals surface area contributed by atoms with Crippen molar-refractivity contribution in [3.63, 3.8) is 0 Å². The minimum absolute atomic E-state index is 0. The molecular weight excluding hydrogens is 467 g/mol. The summed E-state index contributed by atoms with van der Waals surface area (Å²) >= 11 is 0. The molecule has 1 aromatic carbocycles. The molecule has 2 aliphatic heterocycles. The fourth-order valence-electron chi connectivity index (χ4n) is 4.58. The summed E-state index contributed by atoms with van der Waals surface area (Å²) in [6.45, 7) is 3.38. The maximum absolute atomic E-state index is 6.16. The Bertz CT molecular complexity index is 664. The summed E-state index contributed by atoms with van der Waals surface area (Å²) in [6, 6.07) is 7.12. The Hall–Kier alpha value is -1.22. The zero-order valence-corrected chi connectivity index (χ0v) is 18.9. The highest BCUT2D eigenvalue weighted by molar-refractivity contribution is 14.0. The third kappa shape index (κ3) is 5.43. The van der Waals surface area contributed by atoms with Crippen LogP contribution in [-0.2, 0) is 0 Å². The van der Waals surface area contributed by atoms with Gasteiger partial charge in [0.05, 0.1) is 19.8 Å². The van der Waals surface area contributed by atoms with Gasteiger partial charge >= 0.3 is 0 Å². The Morgan fingerprint density at radius 3 is 2.64 bits per heavy atom. The second kappa shape index (κ2) is 10.5. The Morgan fingerprint density at radius 1 is 1.04 bits per heavy atom. The summed E-state index contributed by atoms with van der Waals surface area (Å²) in [4.78, 5) is 7.34. The molecule has 0 spiro atoms. The molecule has 7 heteroatoms. The molecule has 2 heterocycles. The zero-order valence-electron chi connectivity index (χ0n) is 16.6. The SMILES string of the molecule is I.NC(=NCC1CCCN1C1CCCCC1)Nc1ccc2c(c1)OCCCO2. The van der Waals surface area contributed by atoms with Gasteiger partial charge in [0, 0.05) is 30.3 Å². The summed E-state index contributed by atoms with van der Waals surface area (Å²) in [7, 11) is 0. The van der Waals surface area contributed by atoms with E-state index in [1.807, 2.05) is 18.2 Å². The maximum atomic E-state index is 6.16. The van der Waals surface area contributed by atoms with Crippen molar-refractivity contribution < 1.29 is 9.47 Å². The predicted octanol–water partition coefficient (Wildman–Crippen LogP) is 3.99. The maximum Gasteiger partial charge on any atom is 0.193 e. The van der Waals surface area contributed by atoms with Gasteiger partial charge in [-0.3, -0.25) is 9.89 Å². The van der Waals surface area contributed by atoms with E-state index < -0.39 is 0 Å². The van der Waals surface area contributed by atoms with Gasteiger partial charge in [-0.15, -0.1) is 24.0 Å². The molecule has 2 fully saturated rings. The summed E-state index contributed by atoms with van der Waals surface area (Å²) in [6.07, 6.45) is 10.3. The van der Waals surface area contributed by atoms with Crippen LogP contribution < -0.4 is 20.5 Å². The Morgan fingerprint density at radius 2 is 1.82 bits per heavy atom. The van der Waals surface area contributed by atoms with Gasteiger partial charge in [-0.05, 0) is 44.4 Å². The zero-order chi connectivity index (χ0) is 18.5. The first kappa shape index (κ1) is 21.5. The van der Waals surface area contributed by atoms with Crippen LogP contribution in [0.25, 0.3) is 0 Å². The van der Waals surface area contributed by atoms with Crippen molar-refractivity contribution in [3.8, 4) is 11.5 Å². The van der Waals surface area contributed by atoms with Crippen LogP contribution in [0.2, 0.25) is 0 Å². The molecule has 156 valence electrons. The first-order valence-corrected chi connectivity index (χ1v) is 10.5. The fraction of sp³-hybridized carbons (Fsp3) is 0.667. The highest BCUT2D eigenvalue weighted by Crippen LogP contribution is 2.32. The van der Waals surface area contributed by atoms with Crippen LogP contribution in [0, 0.1) is 0 Å². The van der Waals surface area contributed by atoms with Crippen LogP contribution in [0.5, 0.6) is 11.5 Å². The molecule has 1 saturated carbocycles. The van der Waals surface area contributed by atoms with Crippen LogP contribution >= 0.6 is 24.0 Å². The first-order valence-electron chi connectivity index (χ1n) is 10.5. The Balaban J connectivity index is 0.00000225. The van der Waals surface area contributed by atoms with Gasteiger partial charge < -0.3 is 20.5 Å². The minimum atomic E-state index is 0. The molecule has 1 unspecified atom stereocenters. The van der Waals surface area contributed by atoms with Gasteiger partial charge in [0.15, 0.2) is 17.5 Å². The van der Waals surface area contributed by atoms with Crippen LogP contribution in [0.3, 0.4) is 0 Å². The number of likely N-dealkylation sites (tertiary alicyclic amines) is 1. The largest absolute Gasteiger partial charge is 0.490 e. The number of hydrogen-bond acceptors (Lipinski definition) is 4. The van der Waals surface area contributed by atoms with Gasteiger partial charge in [-0.1, -0.05) is 19.3 Å². The second-order valence-electron chi connectivity index (χ2n) is 7.89. The van der Waals surface area contributed by atoms with Crippen molar-refractivity contribution in [2.24, 2.45) is 10.7 Å². The number of rotatable bonds is 4. The number of nitrogens with one attached hydrogen (secondary N) is 1. The molecule has 3 N–H and O–H groups in total. The van der Waals surface area contributed by atoms with Gasteiger partial charge in [-0.25, -0.2) is 0 Å². The van der Waals surface area contributed by atoms with Crippen molar-refractivity contribution in [1.29, 1.82) is 0 Å². The molecule has 28 heavy (non-hydrogen) atoms. The van der Waals surface area contributed by atoms with E-state index in [1.165, 1.54) is 51.5 Å². The Labute approximate surface area is 185 Å². The third-order valence-corrected chi connectivity index (χ3v) is 5.96. The summed E-state index contributed by atoms with van der Waals surface area (Å²) < 4.78 is 11.4. The monoisotopic (exact) mass is 500 g/mol. The smallest absolute Gasteiger partial charge is 0.193 e. The number of aliphatic imine (C=N–C) groups is 1. The molecular formula is C21H33IN4O2. The Kier molecular flexibility index (Phi) is 8.08. The summed E-state index contributed by atoms with van der Waals surface area (Å²) in [5, 5.41) is 3.20. The number of nitrogens with two attached hydrogens (primary N) is 1. The van der Waals surface area contributed by atoms with Gasteiger partial charge in [0.1, 0.15) is 0 Å². The van der Waals surface area contributed by atoms with Crippen LogP contribution in [0.4, 0.5) is 5.69 Å². The number of benzene rings is 1. The van der Waals surface area contributed by atoms with E-state index in [9.17, 15) is 0 Å². The van der Waals surface area contributed by atoms with E-state index in [0.717, 1.165) is 36.2 Å². The van der Waals surface area contributed by atoms with Crippen molar-refractivity contribution in [3.05, 3.63) is 18.2 Å². The van der Waals surface area contributed by atoms with Gasteiger partial charge in [0.25, 0.3) is 0 Å². The number of guanidine groups is 1. The van der Waals surface area contributed by atoms with E-state index in [1.54, 1.807) is 0 Å². The molecule has 0 radical (unpaired) electrons. The molecule has 4 rings (SSSR count). The number of halogens is 1. The van der Waals surface area contributed by atoms with Crippen LogP contribution in [0.15, 0.2) is 23.2 Å². The van der Waals surface area contributed by atoms with Crippen molar-refractivity contribution >= 4 is 35.6 Å². The summed E-state index contributed by atoms with van der Waals surface area (Å²) in [5.41, 5.74) is 7.05. The van der Waals surface area contributed by atoms with Crippen molar-refractivity contribution in [1.82, 2.24) is 4.90 Å². The lowest BCUT2D eigenvalue weighted by molar-refractivity contribution is 0.145. The van der Waals surface area contributed by atoms with E-state index in [0.29, 0.717) is 25.2 Å². The number of hydrogen-bond donors (Lipinski definition) is 2. The number of ether oxygens (including phenoxy) is 2. The third-order valence-electron chi connectivity index (χ3n) is 5.96. The average Bonchev–Trinajstić information content (AvgIpc) is 3.04. The van der Waals surface area contributed by atoms with Crippen LogP contribution in [-0.4, -0.2) is 49.2 Å². The molecule has 0 amide bonds. The average molecular weight is 500 g/mol. The van der Waals surface area contributed by atoms with Crippen molar-refractivity contribution in [2.45, 2.75) is 63.5 Å². The molecule has 6 nitrogen and oxygen atoms in total. The lowest BCUT2D eigenvalue weighted by Crippen LogP contribution is -2.42. The highest BCUT2D eigenvalue weighted by atomic mass is 127.